The van der Waals surface area contributed by atoms with Crippen molar-refractivity contribution in [2.45, 2.75) is 20.1 Å². The number of imide groups is 2. The van der Waals surface area contributed by atoms with Crippen molar-refractivity contribution in [2.75, 3.05) is 4.90 Å². The fraction of sp³-hybridized carbons (Fsp3) is 0.0938. The van der Waals surface area contributed by atoms with E-state index in [2.05, 4.69) is 21.2 Å². The molecular formula is C32H24BrClN2O5. The standard InChI is InChI=1S/C32H24BrClN2O5/c1-20-2-4-21(5-3-20)19-41-29-15-8-23(17-28(29)34)16-27-30(37)35-32(39)36(31(27)38)25-11-13-26(14-12-25)40-18-22-6-9-24(33)10-7-22/h2-17H,18-19H2,1H3,(H,35,37,39)/b27-16+. The molecule has 4 aromatic carbocycles. The van der Waals surface area contributed by atoms with E-state index in [0.29, 0.717) is 41.0 Å². The molecule has 0 aliphatic carbocycles. The lowest BCUT2D eigenvalue weighted by Crippen LogP contribution is -2.54. The highest BCUT2D eigenvalue weighted by Gasteiger charge is 2.36. The third kappa shape index (κ3) is 6.85. The maximum Gasteiger partial charge on any atom is 0.335 e. The number of ether oxygens (including phenoxy) is 2. The maximum absolute atomic E-state index is 13.3. The Morgan fingerprint density at radius 2 is 1.46 bits per heavy atom. The number of nitrogens with one attached hydrogen (secondary N) is 1. The molecule has 0 radical (unpaired) electrons. The van der Waals surface area contributed by atoms with Crippen LogP contribution in [0.5, 0.6) is 11.5 Å². The van der Waals surface area contributed by atoms with E-state index in [4.69, 9.17) is 21.1 Å². The molecular weight excluding hydrogens is 608 g/mol. The Kier molecular flexibility index (Phi) is 8.52. The van der Waals surface area contributed by atoms with Crippen LogP contribution < -0.4 is 19.7 Å². The van der Waals surface area contributed by atoms with Gasteiger partial charge in [-0.3, -0.25) is 14.9 Å². The van der Waals surface area contributed by atoms with E-state index in [9.17, 15) is 14.4 Å². The number of rotatable bonds is 8. The van der Waals surface area contributed by atoms with Crippen LogP contribution in [-0.2, 0) is 22.8 Å². The Labute approximate surface area is 250 Å². The molecule has 206 valence electrons. The average Bonchev–Trinajstić information content (AvgIpc) is 2.96. The van der Waals surface area contributed by atoms with Gasteiger partial charge >= 0.3 is 6.03 Å². The summed E-state index contributed by atoms with van der Waals surface area (Å²) in [5.74, 6) is -0.514. The van der Waals surface area contributed by atoms with Gasteiger partial charge in [0.25, 0.3) is 11.8 Å². The summed E-state index contributed by atoms with van der Waals surface area (Å²) < 4.78 is 12.6. The molecule has 1 fully saturated rings. The van der Waals surface area contributed by atoms with Gasteiger partial charge in [0.05, 0.1) is 10.7 Å². The molecule has 4 aromatic rings. The van der Waals surface area contributed by atoms with Gasteiger partial charge in [-0.25, -0.2) is 9.69 Å². The van der Waals surface area contributed by atoms with Gasteiger partial charge in [0, 0.05) is 4.47 Å². The molecule has 4 amide bonds. The van der Waals surface area contributed by atoms with Crippen molar-refractivity contribution in [3.05, 3.63) is 128 Å². The third-order valence-electron chi connectivity index (χ3n) is 6.30. The SMILES string of the molecule is Cc1ccc(COc2ccc(/C=C3\C(=O)NC(=O)N(c4ccc(OCc5ccc(Br)cc5)cc4)C3=O)cc2Cl)cc1. The van der Waals surface area contributed by atoms with Crippen molar-refractivity contribution < 1.29 is 23.9 Å². The van der Waals surface area contributed by atoms with Crippen LogP contribution in [0.2, 0.25) is 5.02 Å². The first-order valence-corrected chi connectivity index (χ1v) is 13.8. The van der Waals surface area contributed by atoms with Crippen molar-refractivity contribution in [1.29, 1.82) is 0 Å². The number of hydrogen-bond acceptors (Lipinski definition) is 5. The smallest absolute Gasteiger partial charge is 0.335 e. The largest absolute Gasteiger partial charge is 0.489 e. The van der Waals surface area contributed by atoms with E-state index in [0.717, 1.165) is 26.1 Å². The van der Waals surface area contributed by atoms with Gasteiger partial charge in [-0.05, 0) is 78.2 Å². The van der Waals surface area contributed by atoms with Crippen molar-refractivity contribution >= 4 is 57.1 Å². The van der Waals surface area contributed by atoms with Gasteiger partial charge in [-0.1, -0.05) is 75.6 Å². The fourth-order valence-corrected chi connectivity index (χ4v) is 4.57. The van der Waals surface area contributed by atoms with Crippen molar-refractivity contribution in [2.24, 2.45) is 0 Å². The number of benzene rings is 4. The fourth-order valence-electron chi connectivity index (χ4n) is 4.07. The summed E-state index contributed by atoms with van der Waals surface area (Å²) in [4.78, 5) is 39.4. The zero-order valence-corrected chi connectivity index (χ0v) is 24.2. The highest BCUT2D eigenvalue weighted by Crippen LogP contribution is 2.29. The molecule has 1 saturated heterocycles. The Bertz CT molecular complexity index is 1630. The summed E-state index contributed by atoms with van der Waals surface area (Å²) in [5.41, 5.74) is 3.73. The van der Waals surface area contributed by atoms with Crippen LogP contribution >= 0.6 is 27.5 Å². The van der Waals surface area contributed by atoms with Gasteiger partial charge in [0.1, 0.15) is 30.3 Å². The highest BCUT2D eigenvalue weighted by atomic mass is 79.9. The van der Waals surface area contributed by atoms with Crippen molar-refractivity contribution in [3.63, 3.8) is 0 Å². The lowest BCUT2D eigenvalue weighted by atomic mass is 10.1. The number of aryl methyl sites for hydroxylation is 1. The number of nitrogens with zero attached hydrogens (tertiary/aromatic N) is 1. The first-order chi connectivity index (χ1) is 19.8. The van der Waals surface area contributed by atoms with E-state index in [-0.39, 0.29) is 5.57 Å². The van der Waals surface area contributed by atoms with Crippen LogP contribution in [0.1, 0.15) is 22.3 Å². The van der Waals surface area contributed by atoms with Gasteiger partial charge in [-0.2, -0.15) is 0 Å². The minimum atomic E-state index is -0.835. The minimum Gasteiger partial charge on any atom is -0.489 e. The number of halogens is 2. The number of amides is 4. The number of barbiturate groups is 1. The van der Waals surface area contributed by atoms with Gasteiger partial charge < -0.3 is 9.47 Å². The molecule has 0 aromatic heterocycles. The van der Waals surface area contributed by atoms with Crippen LogP contribution in [0.4, 0.5) is 10.5 Å². The number of anilines is 1. The van der Waals surface area contributed by atoms with Crippen LogP contribution in [0, 0.1) is 6.92 Å². The predicted molar refractivity (Wildman–Crippen MR) is 161 cm³/mol. The summed E-state index contributed by atoms with van der Waals surface area (Å²) in [5, 5.41) is 2.55. The molecule has 9 heteroatoms. The highest BCUT2D eigenvalue weighted by molar-refractivity contribution is 9.10. The number of carbonyl (C=O) groups is 3. The first-order valence-electron chi connectivity index (χ1n) is 12.6. The lowest BCUT2D eigenvalue weighted by Gasteiger charge is -2.26. The van der Waals surface area contributed by atoms with Crippen molar-refractivity contribution in [1.82, 2.24) is 5.32 Å². The molecule has 1 aliphatic heterocycles. The molecule has 0 unspecified atom stereocenters. The molecule has 5 rings (SSSR count). The zero-order valence-electron chi connectivity index (χ0n) is 21.9. The van der Waals surface area contributed by atoms with Gasteiger partial charge in [0.2, 0.25) is 0 Å². The molecule has 0 spiro atoms. The number of hydrogen-bond donors (Lipinski definition) is 1. The summed E-state index contributed by atoms with van der Waals surface area (Å²) >= 11 is 9.83. The Hall–Kier alpha value is -4.40. The molecule has 1 aliphatic rings. The monoisotopic (exact) mass is 630 g/mol. The molecule has 0 bridgehead atoms. The minimum absolute atomic E-state index is 0.204. The molecule has 1 N–H and O–H groups in total. The summed E-state index contributed by atoms with van der Waals surface area (Å²) in [6.07, 6.45) is 1.39. The van der Waals surface area contributed by atoms with Crippen LogP contribution in [-0.4, -0.2) is 17.8 Å². The molecule has 41 heavy (non-hydrogen) atoms. The topological polar surface area (TPSA) is 84.9 Å². The molecule has 7 nitrogen and oxygen atoms in total. The number of carbonyl (C=O) groups excluding carboxylic acids is 3. The zero-order chi connectivity index (χ0) is 28.9. The summed E-state index contributed by atoms with van der Waals surface area (Å²) in [7, 11) is 0. The van der Waals surface area contributed by atoms with Crippen LogP contribution in [0.25, 0.3) is 6.08 Å². The maximum atomic E-state index is 13.3. The van der Waals surface area contributed by atoms with E-state index in [1.807, 2.05) is 55.5 Å². The third-order valence-corrected chi connectivity index (χ3v) is 7.12. The van der Waals surface area contributed by atoms with E-state index in [1.165, 1.54) is 6.08 Å². The Balaban J connectivity index is 1.28. The lowest BCUT2D eigenvalue weighted by molar-refractivity contribution is -0.122. The molecule has 1 heterocycles. The van der Waals surface area contributed by atoms with Gasteiger partial charge in [0.15, 0.2) is 0 Å². The normalized spacial score (nSPS) is 14.3. The van der Waals surface area contributed by atoms with Crippen LogP contribution in [0.3, 0.4) is 0 Å². The first kappa shape index (κ1) is 28.1. The molecule has 0 atom stereocenters. The number of urea groups is 1. The van der Waals surface area contributed by atoms with Crippen molar-refractivity contribution in [3.8, 4) is 11.5 Å². The quantitative estimate of drug-likeness (QED) is 0.164. The second-order valence-electron chi connectivity index (χ2n) is 9.33. The summed E-state index contributed by atoms with van der Waals surface area (Å²) in [6.45, 7) is 2.71. The Morgan fingerprint density at radius 3 is 2.12 bits per heavy atom. The predicted octanol–water partition coefficient (Wildman–Crippen LogP) is 7.24. The van der Waals surface area contributed by atoms with E-state index < -0.39 is 17.8 Å². The van der Waals surface area contributed by atoms with E-state index in [1.54, 1.807) is 42.5 Å². The second kappa shape index (κ2) is 12.4. The van der Waals surface area contributed by atoms with Crippen LogP contribution in [0.15, 0.2) is 101 Å². The van der Waals surface area contributed by atoms with E-state index >= 15 is 0 Å². The second-order valence-corrected chi connectivity index (χ2v) is 10.7. The Morgan fingerprint density at radius 1 is 0.829 bits per heavy atom. The average molecular weight is 632 g/mol. The molecule has 0 saturated carbocycles. The summed E-state index contributed by atoms with van der Waals surface area (Å²) in [6, 6.07) is 26.3. The van der Waals surface area contributed by atoms with Gasteiger partial charge in [-0.15, -0.1) is 0 Å².